The van der Waals surface area contributed by atoms with Gasteiger partial charge in [0.2, 0.25) is 10.0 Å². The van der Waals surface area contributed by atoms with E-state index in [1.165, 1.54) is 4.31 Å². The van der Waals surface area contributed by atoms with Crippen molar-refractivity contribution in [3.63, 3.8) is 0 Å². The highest BCUT2D eigenvalue weighted by Crippen LogP contribution is 2.21. The molecular weight excluding hydrogens is 238 g/mol. The van der Waals surface area contributed by atoms with E-state index >= 15 is 0 Å². The molecule has 0 unspecified atom stereocenters. The van der Waals surface area contributed by atoms with Gasteiger partial charge in [0.25, 0.3) is 0 Å². The van der Waals surface area contributed by atoms with E-state index in [9.17, 15) is 8.42 Å². The van der Waals surface area contributed by atoms with Crippen LogP contribution in [0.1, 0.15) is 24.7 Å². The Balaban J connectivity index is 3.22. The maximum absolute atomic E-state index is 12.4. The standard InChI is InChI=1S/C11H17N3O2S/c1-5-7-14(8-6-2)17(15,16)11-9(3)12-13-10(11)4/h1H,6-8H2,2-4H3,(H,12,13). The third-order valence-electron chi connectivity index (χ3n) is 2.40. The normalized spacial score (nSPS) is 11.7. The van der Waals surface area contributed by atoms with Gasteiger partial charge in [0.1, 0.15) is 4.90 Å². The Morgan fingerprint density at radius 1 is 1.47 bits per heavy atom. The van der Waals surface area contributed by atoms with Crippen molar-refractivity contribution in [3.8, 4) is 12.3 Å². The zero-order valence-corrected chi connectivity index (χ0v) is 11.1. The second-order valence-electron chi connectivity index (χ2n) is 3.81. The molecule has 0 spiro atoms. The maximum atomic E-state index is 12.4. The summed E-state index contributed by atoms with van der Waals surface area (Å²) in [5.74, 6) is 2.38. The van der Waals surface area contributed by atoms with Crippen LogP contribution < -0.4 is 0 Å². The third-order valence-corrected chi connectivity index (χ3v) is 4.51. The first-order valence-electron chi connectivity index (χ1n) is 5.40. The van der Waals surface area contributed by atoms with Crippen molar-refractivity contribution in [2.45, 2.75) is 32.1 Å². The number of aromatic amines is 1. The molecule has 0 aromatic carbocycles. The summed E-state index contributed by atoms with van der Waals surface area (Å²) in [5, 5.41) is 6.58. The average molecular weight is 255 g/mol. The van der Waals surface area contributed by atoms with Crippen LogP contribution in [0.15, 0.2) is 4.90 Å². The van der Waals surface area contributed by atoms with Crippen LogP contribution >= 0.6 is 0 Å². The van der Waals surface area contributed by atoms with Crippen molar-refractivity contribution in [3.05, 3.63) is 11.4 Å². The molecular formula is C11H17N3O2S. The van der Waals surface area contributed by atoms with Crippen LogP contribution in [-0.2, 0) is 10.0 Å². The highest BCUT2D eigenvalue weighted by atomic mass is 32.2. The van der Waals surface area contributed by atoms with Crippen LogP contribution in [0, 0.1) is 26.2 Å². The molecule has 0 aliphatic carbocycles. The predicted molar refractivity (Wildman–Crippen MR) is 65.9 cm³/mol. The number of H-pyrrole nitrogens is 1. The number of hydrogen-bond acceptors (Lipinski definition) is 3. The molecule has 17 heavy (non-hydrogen) atoms. The van der Waals surface area contributed by atoms with E-state index in [4.69, 9.17) is 6.42 Å². The Morgan fingerprint density at radius 2 is 2.12 bits per heavy atom. The molecule has 5 nitrogen and oxygen atoms in total. The van der Waals surface area contributed by atoms with Gasteiger partial charge < -0.3 is 0 Å². The molecule has 0 bridgehead atoms. The minimum Gasteiger partial charge on any atom is -0.281 e. The largest absolute Gasteiger partial charge is 0.281 e. The van der Waals surface area contributed by atoms with Crippen LogP contribution in [0.3, 0.4) is 0 Å². The Hall–Kier alpha value is -1.32. The summed E-state index contributed by atoms with van der Waals surface area (Å²) in [6.07, 6.45) is 5.93. The molecule has 0 amide bonds. The number of aromatic nitrogens is 2. The van der Waals surface area contributed by atoms with Gasteiger partial charge in [-0.3, -0.25) is 5.10 Å². The molecule has 1 N–H and O–H groups in total. The van der Waals surface area contributed by atoms with Crippen LogP contribution in [0.4, 0.5) is 0 Å². The molecule has 0 saturated heterocycles. The number of nitrogens with zero attached hydrogens (tertiary/aromatic N) is 2. The summed E-state index contributed by atoms with van der Waals surface area (Å²) >= 11 is 0. The minimum absolute atomic E-state index is 0.0836. The second kappa shape index (κ2) is 5.34. The number of terminal acetylenes is 1. The molecule has 1 heterocycles. The number of rotatable bonds is 5. The molecule has 1 rings (SSSR count). The molecule has 1 aromatic heterocycles. The van der Waals surface area contributed by atoms with Crippen LogP contribution in [0.2, 0.25) is 0 Å². The third kappa shape index (κ3) is 2.68. The molecule has 6 heteroatoms. The van der Waals surface area contributed by atoms with Crippen molar-refractivity contribution in [1.82, 2.24) is 14.5 Å². The monoisotopic (exact) mass is 255 g/mol. The smallest absolute Gasteiger partial charge is 0.247 e. The molecule has 0 fully saturated rings. The van der Waals surface area contributed by atoms with Crippen LogP contribution in [0.5, 0.6) is 0 Å². The van der Waals surface area contributed by atoms with Crippen LogP contribution in [0.25, 0.3) is 0 Å². The number of hydrogen-bond donors (Lipinski definition) is 1. The molecule has 0 radical (unpaired) electrons. The van der Waals surface area contributed by atoms with E-state index in [1.807, 2.05) is 6.92 Å². The lowest BCUT2D eigenvalue weighted by molar-refractivity contribution is 0.445. The van der Waals surface area contributed by atoms with E-state index in [0.717, 1.165) is 6.42 Å². The Bertz CT molecular complexity index is 506. The summed E-state index contributed by atoms with van der Waals surface area (Å²) in [7, 11) is -3.55. The first kappa shape index (κ1) is 13.7. The van der Waals surface area contributed by atoms with Gasteiger partial charge in [0, 0.05) is 6.54 Å². The van der Waals surface area contributed by atoms with Crippen molar-refractivity contribution < 1.29 is 8.42 Å². The zero-order valence-electron chi connectivity index (χ0n) is 10.3. The quantitative estimate of drug-likeness (QED) is 0.800. The van der Waals surface area contributed by atoms with Gasteiger partial charge in [-0.25, -0.2) is 8.42 Å². The SMILES string of the molecule is C#CCN(CCC)S(=O)(=O)c1c(C)n[nH]c1C. The van der Waals surface area contributed by atoms with Crippen molar-refractivity contribution in [2.24, 2.45) is 0 Å². The van der Waals surface area contributed by atoms with E-state index in [0.29, 0.717) is 17.9 Å². The Labute approximate surface area is 102 Å². The lowest BCUT2D eigenvalue weighted by Crippen LogP contribution is -2.32. The van der Waals surface area contributed by atoms with E-state index in [1.54, 1.807) is 13.8 Å². The Kier molecular flexibility index (Phi) is 4.32. The van der Waals surface area contributed by atoms with Crippen LogP contribution in [-0.4, -0.2) is 36.0 Å². The summed E-state index contributed by atoms with van der Waals surface area (Å²) in [6, 6.07) is 0. The van der Waals surface area contributed by atoms with Gasteiger partial charge in [-0.2, -0.15) is 9.40 Å². The number of sulfonamides is 1. The zero-order chi connectivity index (χ0) is 13.1. The van der Waals surface area contributed by atoms with Gasteiger partial charge in [-0.15, -0.1) is 6.42 Å². The minimum atomic E-state index is -3.55. The first-order valence-corrected chi connectivity index (χ1v) is 6.84. The fourth-order valence-electron chi connectivity index (χ4n) is 1.69. The highest BCUT2D eigenvalue weighted by Gasteiger charge is 2.28. The summed E-state index contributed by atoms with van der Waals surface area (Å²) in [6.45, 7) is 5.76. The lowest BCUT2D eigenvalue weighted by Gasteiger charge is -2.19. The topological polar surface area (TPSA) is 66.1 Å². The molecule has 94 valence electrons. The fourth-order valence-corrected chi connectivity index (χ4v) is 3.46. The summed E-state index contributed by atoms with van der Waals surface area (Å²) < 4.78 is 26.1. The summed E-state index contributed by atoms with van der Waals surface area (Å²) in [4.78, 5) is 0.237. The van der Waals surface area contributed by atoms with E-state index < -0.39 is 10.0 Å². The fraction of sp³-hybridized carbons (Fsp3) is 0.545. The molecule has 0 aliphatic rings. The van der Waals surface area contributed by atoms with Crippen molar-refractivity contribution >= 4 is 10.0 Å². The highest BCUT2D eigenvalue weighted by molar-refractivity contribution is 7.89. The van der Waals surface area contributed by atoms with Gasteiger partial charge in [0.05, 0.1) is 17.9 Å². The van der Waals surface area contributed by atoms with Crippen molar-refractivity contribution in [2.75, 3.05) is 13.1 Å². The van der Waals surface area contributed by atoms with Gasteiger partial charge >= 0.3 is 0 Å². The van der Waals surface area contributed by atoms with Gasteiger partial charge in [-0.1, -0.05) is 12.8 Å². The number of nitrogens with one attached hydrogen (secondary N) is 1. The number of aryl methyl sites for hydroxylation is 2. The summed E-state index contributed by atoms with van der Waals surface area (Å²) in [5.41, 5.74) is 1.02. The van der Waals surface area contributed by atoms with E-state index in [-0.39, 0.29) is 11.4 Å². The first-order chi connectivity index (χ1) is 7.95. The maximum Gasteiger partial charge on any atom is 0.247 e. The average Bonchev–Trinajstić information content (AvgIpc) is 2.58. The van der Waals surface area contributed by atoms with E-state index in [2.05, 4.69) is 16.1 Å². The molecule has 0 atom stereocenters. The molecule has 0 aliphatic heterocycles. The van der Waals surface area contributed by atoms with Crippen molar-refractivity contribution in [1.29, 1.82) is 0 Å². The molecule has 0 saturated carbocycles. The lowest BCUT2D eigenvalue weighted by atomic mass is 10.4. The van der Waals surface area contributed by atoms with Gasteiger partial charge in [0.15, 0.2) is 0 Å². The van der Waals surface area contributed by atoms with Gasteiger partial charge in [-0.05, 0) is 20.3 Å². The second-order valence-corrected chi connectivity index (χ2v) is 5.68. The predicted octanol–water partition coefficient (Wildman–Crippen LogP) is 1.06. The molecule has 1 aromatic rings. The Morgan fingerprint density at radius 3 is 2.53 bits per heavy atom.